The number of hydrogen-bond acceptors (Lipinski definition) is 2. The van der Waals surface area contributed by atoms with Crippen LogP contribution < -0.4 is 5.32 Å². The molecule has 1 aromatic rings. The highest BCUT2D eigenvalue weighted by atomic mass is 15.3. The van der Waals surface area contributed by atoms with Gasteiger partial charge < -0.3 is 5.32 Å². The molecule has 0 aliphatic rings. The van der Waals surface area contributed by atoms with Crippen molar-refractivity contribution in [3.63, 3.8) is 0 Å². The Hall–Kier alpha value is -0.830. The molecule has 1 aromatic heterocycles. The van der Waals surface area contributed by atoms with Crippen molar-refractivity contribution in [2.75, 3.05) is 7.05 Å². The number of aryl methyl sites for hydroxylation is 2. The predicted octanol–water partition coefficient (Wildman–Crippen LogP) is 3.30. The first-order valence-corrected chi connectivity index (χ1v) is 6.59. The quantitative estimate of drug-likeness (QED) is 0.851. The number of nitrogens with zero attached hydrogens (tertiary/aromatic N) is 2. The van der Waals surface area contributed by atoms with Crippen LogP contribution in [-0.2, 0) is 6.54 Å². The second-order valence-electron chi connectivity index (χ2n) is 5.97. The Morgan fingerprint density at radius 1 is 1.41 bits per heavy atom. The summed E-state index contributed by atoms with van der Waals surface area (Å²) in [6, 6.07) is 2.61. The molecular formula is C14H27N3. The lowest BCUT2D eigenvalue weighted by Crippen LogP contribution is -2.22. The van der Waals surface area contributed by atoms with Crippen molar-refractivity contribution in [3.05, 3.63) is 17.5 Å². The molecule has 0 spiro atoms. The summed E-state index contributed by atoms with van der Waals surface area (Å²) in [6.07, 6.45) is 2.37. The topological polar surface area (TPSA) is 29.9 Å². The molecular weight excluding hydrogens is 210 g/mol. The summed E-state index contributed by atoms with van der Waals surface area (Å²) in [5.74, 6) is 0. The lowest BCUT2D eigenvalue weighted by atomic mass is 9.88. The van der Waals surface area contributed by atoms with E-state index in [1.165, 1.54) is 12.1 Å². The fourth-order valence-electron chi connectivity index (χ4n) is 2.12. The molecule has 98 valence electrons. The van der Waals surface area contributed by atoms with Crippen LogP contribution in [0.15, 0.2) is 6.07 Å². The van der Waals surface area contributed by atoms with E-state index < -0.39 is 0 Å². The Balaban J connectivity index is 2.78. The maximum Gasteiger partial charge on any atom is 0.0597 e. The largest absolute Gasteiger partial charge is 0.312 e. The number of nitrogens with one attached hydrogen (secondary N) is 1. The van der Waals surface area contributed by atoms with Crippen LogP contribution in [0.3, 0.4) is 0 Å². The molecule has 0 aliphatic heterocycles. The zero-order chi connectivity index (χ0) is 13.1. The van der Waals surface area contributed by atoms with Gasteiger partial charge in [0.05, 0.1) is 11.4 Å². The van der Waals surface area contributed by atoms with Crippen molar-refractivity contribution in [3.8, 4) is 0 Å². The lowest BCUT2D eigenvalue weighted by molar-refractivity contribution is 0.331. The molecule has 1 atom stereocenters. The SMILES string of the molecule is CCn1nc(C)cc1C(CCC(C)(C)C)NC. The number of aromatic nitrogens is 2. The Morgan fingerprint density at radius 2 is 2.06 bits per heavy atom. The molecule has 0 fully saturated rings. The predicted molar refractivity (Wildman–Crippen MR) is 73.1 cm³/mol. The summed E-state index contributed by atoms with van der Waals surface area (Å²) >= 11 is 0. The van der Waals surface area contributed by atoms with Gasteiger partial charge in [-0.25, -0.2) is 0 Å². The second-order valence-corrected chi connectivity index (χ2v) is 5.97. The van der Waals surface area contributed by atoms with Crippen LogP contribution in [0.1, 0.15) is 58.0 Å². The van der Waals surface area contributed by atoms with E-state index >= 15 is 0 Å². The van der Waals surface area contributed by atoms with Gasteiger partial charge >= 0.3 is 0 Å². The molecule has 1 N–H and O–H groups in total. The molecule has 0 aliphatic carbocycles. The summed E-state index contributed by atoms with van der Waals surface area (Å²) in [5, 5.41) is 7.94. The van der Waals surface area contributed by atoms with Crippen LogP contribution in [0.25, 0.3) is 0 Å². The van der Waals surface area contributed by atoms with Crippen molar-refractivity contribution < 1.29 is 0 Å². The average Bonchev–Trinajstić information content (AvgIpc) is 2.59. The molecule has 1 rings (SSSR count). The minimum Gasteiger partial charge on any atom is -0.312 e. The monoisotopic (exact) mass is 237 g/mol. The lowest BCUT2D eigenvalue weighted by Gasteiger charge is -2.23. The van der Waals surface area contributed by atoms with Crippen LogP contribution in [0, 0.1) is 12.3 Å². The van der Waals surface area contributed by atoms with E-state index in [1.54, 1.807) is 0 Å². The van der Waals surface area contributed by atoms with E-state index in [-0.39, 0.29) is 0 Å². The molecule has 0 radical (unpaired) electrons. The molecule has 3 heteroatoms. The van der Waals surface area contributed by atoms with Crippen molar-refractivity contribution in [2.45, 2.75) is 60.0 Å². The highest BCUT2D eigenvalue weighted by molar-refractivity contribution is 5.13. The maximum absolute atomic E-state index is 4.52. The standard InChI is InChI=1S/C14H27N3/c1-7-17-13(10-11(2)16-17)12(15-6)8-9-14(3,4)5/h10,12,15H,7-9H2,1-6H3. The third-order valence-electron chi connectivity index (χ3n) is 3.12. The van der Waals surface area contributed by atoms with E-state index in [0.29, 0.717) is 11.5 Å². The summed E-state index contributed by atoms with van der Waals surface area (Å²) in [7, 11) is 2.04. The molecule has 1 heterocycles. The first kappa shape index (κ1) is 14.2. The van der Waals surface area contributed by atoms with Gasteiger partial charge in [-0.2, -0.15) is 5.10 Å². The fourth-order valence-corrected chi connectivity index (χ4v) is 2.12. The Kier molecular flexibility index (Phi) is 4.75. The molecule has 3 nitrogen and oxygen atoms in total. The third-order valence-corrected chi connectivity index (χ3v) is 3.12. The first-order valence-electron chi connectivity index (χ1n) is 6.59. The second kappa shape index (κ2) is 5.67. The van der Waals surface area contributed by atoms with Gasteiger partial charge in [0.2, 0.25) is 0 Å². The molecule has 0 aromatic carbocycles. The maximum atomic E-state index is 4.52. The molecule has 1 unspecified atom stereocenters. The first-order chi connectivity index (χ1) is 7.87. The van der Waals surface area contributed by atoms with Crippen molar-refractivity contribution >= 4 is 0 Å². The van der Waals surface area contributed by atoms with Crippen molar-refractivity contribution in [2.24, 2.45) is 5.41 Å². The zero-order valence-corrected chi connectivity index (χ0v) is 12.2. The van der Waals surface area contributed by atoms with Gasteiger partial charge in [0.1, 0.15) is 0 Å². The van der Waals surface area contributed by atoms with Crippen LogP contribution in [0.4, 0.5) is 0 Å². The Morgan fingerprint density at radius 3 is 2.53 bits per heavy atom. The van der Waals surface area contributed by atoms with Crippen molar-refractivity contribution in [1.29, 1.82) is 0 Å². The van der Waals surface area contributed by atoms with Crippen LogP contribution >= 0.6 is 0 Å². The van der Waals surface area contributed by atoms with Gasteiger partial charge in [0, 0.05) is 12.6 Å². The van der Waals surface area contributed by atoms with Gasteiger partial charge in [0.25, 0.3) is 0 Å². The minimum absolute atomic E-state index is 0.390. The summed E-state index contributed by atoms with van der Waals surface area (Å²) < 4.78 is 2.11. The number of hydrogen-bond donors (Lipinski definition) is 1. The highest BCUT2D eigenvalue weighted by Gasteiger charge is 2.18. The smallest absolute Gasteiger partial charge is 0.0597 e. The van der Waals surface area contributed by atoms with Crippen LogP contribution in [0.5, 0.6) is 0 Å². The number of rotatable bonds is 5. The van der Waals surface area contributed by atoms with Gasteiger partial charge in [-0.15, -0.1) is 0 Å². The van der Waals surface area contributed by atoms with Crippen molar-refractivity contribution in [1.82, 2.24) is 15.1 Å². The molecule has 17 heavy (non-hydrogen) atoms. The van der Waals surface area contributed by atoms with E-state index in [9.17, 15) is 0 Å². The average molecular weight is 237 g/mol. The normalized spacial score (nSPS) is 14.0. The fraction of sp³-hybridized carbons (Fsp3) is 0.786. The van der Waals surface area contributed by atoms with Gasteiger partial charge in [-0.3, -0.25) is 4.68 Å². The summed E-state index contributed by atoms with van der Waals surface area (Å²) in [4.78, 5) is 0. The third kappa shape index (κ3) is 4.15. The van der Waals surface area contributed by atoms with E-state index in [4.69, 9.17) is 0 Å². The summed E-state index contributed by atoms with van der Waals surface area (Å²) in [5.41, 5.74) is 2.82. The zero-order valence-electron chi connectivity index (χ0n) is 12.2. The Bertz CT molecular complexity index is 347. The Labute approximate surface area is 106 Å². The highest BCUT2D eigenvalue weighted by Crippen LogP contribution is 2.27. The van der Waals surface area contributed by atoms with E-state index in [0.717, 1.165) is 18.7 Å². The molecule has 0 bridgehead atoms. The molecule has 0 amide bonds. The minimum atomic E-state index is 0.390. The molecule has 0 saturated carbocycles. The van der Waals surface area contributed by atoms with E-state index in [1.807, 2.05) is 7.05 Å². The van der Waals surface area contributed by atoms with E-state index in [2.05, 4.69) is 55.8 Å². The van der Waals surface area contributed by atoms with Gasteiger partial charge in [-0.1, -0.05) is 20.8 Å². The molecule has 0 saturated heterocycles. The van der Waals surface area contributed by atoms with Crippen LogP contribution in [0.2, 0.25) is 0 Å². The van der Waals surface area contributed by atoms with Gasteiger partial charge in [-0.05, 0) is 45.2 Å². The van der Waals surface area contributed by atoms with Gasteiger partial charge in [0.15, 0.2) is 0 Å². The summed E-state index contributed by atoms with van der Waals surface area (Å²) in [6.45, 7) is 12.0. The van der Waals surface area contributed by atoms with Crippen LogP contribution in [-0.4, -0.2) is 16.8 Å².